The van der Waals surface area contributed by atoms with Crippen molar-refractivity contribution in [1.82, 2.24) is 9.21 Å². The molecule has 1 unspecified atom stereocenters. The number of sulfonamides is 1. The molecule has 1 amide bonds. The fourth-order valence-corrected chi connectivity index (χ4v) is 5.99. The number of likely N-dealkylation sites (tertiary alicyclic amines) is 1. The molecule has 2 aliphatic heterocycles. The van der Waals surface area contributed by atoms with Gasteiger partial charge in [0.1, 0.15) is 5.76 Å². The molecule has 1 atom stereocenters. The van der Waals surface area contributed by atoms with Crippen LogP contribution in [0.25, 0.3) is 5.76 Å². The number of hydrogen-bond acceptors (Lipinski definition) is 7. The van der Waals surface area contributed by atoms with Crippen molar-refractivity contribution in [3.63, 3.8) is 0 Å². The molecule has 37 heavy (non-hydrogen) atoms. The Bertz CT molecular complexity index is 1280. The molecule has 0 aliphatic carbocycles. The number of carbonyl (C=O) groups excluding carboxylic acids is 2. The molecule has 0 bridgehead atoms. The van der Waals surface area contributed by atoms with Crippen LogP contribution in [-0.4, -0.2) is 81.0 Å². The first-order chi connectivity index (χ1) is 17.7. The van der Waals surface area contributed by atoms with Gasteiger partial charge in [-0.1, -0.05) is 38.1 Å². The molecule has 0 spiro atoms. The quantitative estimate of drug-likeness (QED) is 0.318. The molecule has 0 radical (unpaired) electrons. The number of aliphatic hydroxyl groups is 1. The maximum absolute atomic E-state index is 13.1. The van der Waals surface area contributed by atoms with Gasteiger partial charge in [-0.3, -0.25) is 9.59 Å². The number of nitrogens with zero attached hydrogens (tertiary/aromatic N) is 2. The summed E-state index contributed by atoms with van der Waals surface area (Å²) in [5.41, 5.74) is 2.00. The topological polar surface area (TPSA) is 113 Å². The van der Waals surface area contributed by atoms with Crippen LogP contribution in [0.2, 0.25) is 0 Å². The summed E-state index contributed by atoms with van der Waals surface area (Å²) in [6, 6.07) is 12.5. The molecule has 1 N–H and O–H groups in total. The fourth-order valence-electron chi connectivity index (χ4n) is 4.59. The number of ether oxygens (including phenoxy) is 2. The second kappa shape index (κ2) is 11.1. The molecular weight excluding hydrogens is 496 g/mol. The van der Waals surface area contributed by atoms with Crippen LogP contribution < -0.4 is 0 Å². The summed E-state index contributed by atoms with van der Waals surface area (Å²) in [4.78, 5) is 27.6. The van der Waals surface area contributed by atoms with E-state index in [1.54, 1.807) is 0 Å². The van der Waals surface area contributed by atoms with Crippen LogP contribution in [0.5, 0.6) is 0 Å². The summed E-state index contributed by atoms with van der Waals surface area (Å²) in [5.74, 6) is -1.56. The van der Waals surface area contributed by atoms with E-state index in [4.69, 9.17) is 9.47 Å². The molecule has 2 fully saturated rings. The van der Waals surface area contributed by atoms with Crippen LogP contribution in [-0.2, 0) is 29.1 Å². The van der Waals surface area contributed by atoms with Gasteiger partial charge in [-0.15, -0.1) is 0 Å². The third-order valence-electron chi connectivity index (χ3n) is 6.73. The number of ketones is 1. The van der Waals surface area contributed by atoms with E-state index in [2.05, 4.69) is 13.8 Å². The van der Waals surface area contributed by atoms with Crippen LogP contribution in [0.1, 0.15) is 42.5 Å². The Morgan fingerprint density at radius 1 is 1.05 bits per heavy atom. The number of hydrogen-bond donors (Lipinski definition) is 1. The van der Waals surface area contributed by atoms with Crippen molar-refractivity contribution in [2.75, 3.05) is 46.6 Å². The number of amides is 1. The first-order valence-corrected chi connectivity index (χ1v) is 13.7. The molecule has 2 saturated heterocycles. The van der Waals surface area contributed by atoms with Gasteiger partial charge < -0.3 is 19.5 Å². The number of rotatable bonds is 8. The van der Waals surface area contributed by atoms with Crippen molar-refractivity contribution in [3.05, 3.63) is 70.8 Å². The molecule has 2 heterocycles. The van der Waals surface area contributed by atoms with E-state index in [-0.39, 0.29) is 48.0 Å². The average molecular weight is 529 g/mol. The Morgan fingerprint density at radius 2 is 1.68 bits per heavy atom. The summed E-state index contributed by atoms with van der Waals surface area (Å²) in [6.07, 6.45) is 0. The summed E-state index contributed by atoms with van der Waals surface area (Å²) in [5, 5.41) is 11.2. The third kappa shape index (κ3) is 5.33. The van der Waals surface area contributed by atoms with Gasteiger partial charge >= 0.3 is 0 Å². The third-order valence-corrected chi connectivity index (χ3v) is 8.64. The van der Waals surface area contributed by atoms with E-state index >= 15 is 0 Å². The second-order valence-corrected chi connectivity index (χ2v) is 11.3. The first-order valence-electron chi connectivity index (χ1n) is 12.2. The molecule has 2 aliphatic rings. The molecule has 2 aromatic rings. The predicted molar refractivity (Wildman–Crippen MR) is 137 cm³/mol. The van der Waals surface area contributed by atoms with E-state index in [0.717, 1.165) is 5.56 Å². The SMILES string of the molecule is COCCN1C(=O)C(=O)C(=C(O)c2ccc(S(=O)(=O)N3CCOCC3)cc2)C1c1ccc(C(C)C)cc1. The number of methoxy groups -OCH3 is 1. The van der Waals surface area contributed by atoms with Gasteiger partial charge in [0.15, 0.2) is 0 Å². The normalized spacial score (nSPS) is 20.6. The second-order valence-electron chi connectivity index (χ2n) is 9.35. The number of carbonyl (C=O) groups is 2. The standard InChI is InChI=1S/C27H32N2O7S/c1-18(2)19-4-6-20(7-5-19)24-23(26(31)27(32)29(24)14-15-35-3)25(30)21-8-10-22(11-9-21)37(33,34)28-12-16-36-17-13-28/h4-11,18,24,30H,12-17H2,1-3H3. The Balaban J connectivity index is 1.73. The lowest BCUT2D eigenvalue weighted by atomic mass is 9.93. The molecule has 9 nitrogen and oxygen atoms in total. The van der Waals surface area contributed by atoms with Gasteiger partial charge in [0.25, 0.3) is 11.7 Å². The lowest BCUT2D eigenvalue weighted by Crippen LogP contribution is -2.40. The Hall–Kier alpha value is -3.05. The van der Waals surface area contributed by atoms with Gasteiger partial charge in [-0.2, -0.15) is 4.31 Å². The zero-order chi connectivity index (χ0) is 26.7. The lowest BCUT2D eigenvalue weighted by Gasteiger charge is -2.26. The average Bonchev–Trinajstić information content (AvgIpc) is 3.17. The van der Waals surface area contributed by atoms with Crippen molar-refractivity contribution in [1.29, 1.82) is 0 Å². The first kappa shape index (κ1) is 27.0. The molecule has 10 heteroatoms. The maximum atomic E-state index is 13.1. The Kier molecular flexibility index (Phi) is 8.13. The molecule has 0 saturated carbocycles. The van der Waals surface area contributed by atoms with Gasteiger partial charge in [0.2, 0.25) is 10.0 Å². The molecule has 4 rings (SSSR count). The smallest absolute Gasteiger partial charge is 0.295 e. The number of benzene rings is 2. The molecular formula is C27H32N2O7S. The van der Waals surface area contributed by atoms with E-state index in [1.165, 1.54) is 40.6 Å². The highest BCUT2D eigenvalue weighted by Gasteiger charge is 2.45. The van der Waals surface area contributed by atoms with Crippen LogP contribution in [0.3, 0.4) is 0 Å². The van der Waals surface area contributed by atoms with Gasteiger partial charge in [0, 0.05) is 32.3 Å². The number of Topliss-reactive ketones (excluding diaryl/α,β-unsaturated/α-hetero) is 1. The van der Waals surface area contributed by atoms with Crippen molar-refractivity contribution in [3.8, 4) is 0 Å². The molecule has 2 aromatic carbocycles. The molecule has 198 valence electrons. The predicted octanol–water partition coefficient (Wildman–Crippen LogP) is 2.90. The van der Waals surface area contributed by atoms with Crippen molar-refractivity contribution in [2.24, 2.45) is 0 Å². The monoisotopic (exact) mass is 528 g/mol. The summed E-state index contributed by atoms with van der Waals surface area (Å²) in [7, 11) is -2.21. The van der Waals surface area contributed by atoms with Crippen LogP contribution >= 0.6 is 0 Å². The zero-order valence-corrected chi connectivity index (χ0v) is 22.0. The minimum atomic E-state index is -3.71. The van der Waals surface area contributed by atoms with E-state index in [9.17, 15) is 23.1 Å². The van der Waals surface area contributed by atoms with Crippen LogP contribution in [0.15, 0.2) is 59.0 Å². The summed E-state index contributed by atoms with van der Waals surface area (Å²) >= 11 is 0. The minimum Gasteiger partial charge on any atom is -0.507 e. The van der Waals surface area contributed by atoms with Crippen molar-refractivity contribution < 1.29 is 32.6 Å². The largest absolute Gasteiger partial charge is 0.507 e. The number of morpholine rings is 1. The van der Waals surface area contributed by atoms with Gasteiger partial charge in [0.05, 0.1) is 36.3 Å². The Morgan fingerprint density at radius 3 is 2.24 bits per heavy atom. The fraction of sp³-hybridized carbons (Fsp3) is 0.407. The zero-order valence-electron chi connectivity index (χ0n) is 21.2. The van der Waals surface area contributed by atoms with Crippen LogP contribution in [0.4, 0.5) is 0 Å². The number of aliphatic hydroxyl groups excluding tert-OH is 1. The molecule has 0 aromatic heterocycles. The summed E-state index contributed by atoms with van der Waals surface area (Å²) in [6.45, 7) is 5.74. The van der Waals surface area contributed by atoms with E-state index in [0.29, 0.717) is 24.7 Å². The van der Waals surface area contributed by atoms with Gasteiger partial charge in [-0.25, -0.2) is 8.42 Å². The van der Waals surface area contributed by atoms with E-state index < -0.39 is 27.8 Å². The minimum absolute atomic E-state index is 0.0396. The van der Waals surface area contributed by atoms with E-state index in [1.807, 2.05) is 24.3 Å². The Labute approximate surface area is 217 Å². The highest BCUT2D eigenvalue weighted by Crippen LogP contribution is 2.39. The van der Waals surface area contributed by atoms with Crippen molar-refractivity contribution in [2.45, 2.75) is 30.7 Å². The van der Waals surface area contributed by atoms with Gasteiger partial charge in [-0.05, 0) is 41.3 Å². The van der Waals surface area contributed by atoms with Crippen molar-refractivity contribution >= 4 is 27.5 Å². The summed E-state index contributed by atoms with van der Waals surface area (Å²) < 4.78 is 37.6. The lowest BCUT2D eigenvalue weighted by molar-refractivity contribution is -0.140. The maximum Gasteiger partial charge on any atom is 0.295 e. The van der Waals surface area contributed by atoms with Crippen LogP contribution in [0, 0.1) is 0 Å². The highest BCUT2D eigenvalue weighted by molar-refractivity contribution is 7.89. The highest BCUT2D eigenvalue weighted by atomic mass is 32.2.